The van der Waals surface area contributed by atoms with E-state index in [0.717, 1.165) is 5.56 Å². The Labute approximate surface area is 99.3 Å². The molecule has 0 bridgehead atoms. The lowest BCUT2D eigenvalue weighted by Gasteiger charge is -2.05. The van der Waals surface area contributed by atoms with E-state index in [1.807, 2.05) is 0 Å². The van der Waals surface area contributed by atoms with Crippen molar-refractivity contribution in [2.45, 2.75) is 11.4 Å². The Morgan fingerprint density at radius 1 is 1.18 bits per heavy atom. The molecule has 2 rings (SSSR count). The molecule has 0 spiro atoms. The molecule has 0 unspecified atom stereocenters. The summed E-state index contributed by atoms with van der Waals surface area (Å²) in [6.07, 6.45) is 2.98. The van der Waals surface area contributed by atoms with Crippen LogP contribution >= 0.6 is 0 Å². The highest BCUT2D eigenvalue weighted by molar-refractivity contribution is 7.89. The number of rotatable bonds is 4. The number of hydrogen-bond donors (Lipinski definition) is 2. The van der Waals surface area contributed by atoms with E-state index in [1.54, 1.807) is 18.2 Å². The fraction of sp³-hybridized carbons (Fsp3) is 0.0909. The Hall–Kier alpha value is -1.79. The Kier molecular flexibility index (Phi) is 3.16. The molecule has 17 heavy (non-hydrogen) atoms. The van der Waals surface area contributed by atoms with Crippen molar-refractivity contribution in [2.75, 3.05) is 5.73 Å². The summed E-state index contributed by atoms with van der Waals surface area (Å²) in [4.78, 5) is 0.190. The minimum atomic E-state index is -3.50. The first-order valence-corrected chi connectivity index (χ1v) is 6.42. The van der Waals surface area contributed by atoms with Crippen LogP contribution in [0.3, 0.4) is 0 Å². The number of sulfonamides is 1. The number of nitrogens with two attached hydrogens (primary N) is 1. The van der Waals surface area contributed by atoms with E-state index in [0.29, 0.717) is 5.69 Å². The predicted octanol–water partition coefficient (Wildman–Crippen LogP) is 1.34. The summed E-state index contributed by atoms with van der Waals surface area (Å²) >= 11 is 0. The van der Waals surface area contributed by atoms with Crippen molar-refractivity contribution in [3.05, 3.63) is 48.4 Å². The summed E-state index contributed by atoms with van der Waals surface area (Å²) in [5.74, 6) is 0. The summed E-state index contributed by atoms with van der Waals surface area (Å²) < 4.78 is 31.0. The molecule has 3 N–H and O–H groups in total. The Morgan fingerprint density at radius 3 is 2.47 bits per heavy atom. The molecule has 1 heterocycles. The zero-order valence-electron chi connectivity index (χ0n) is 8.96. The van der Waals surface area contributed by atoms with E-state index in [1.165, 1.54) is 24.7 Å². The lowest BCUT2D eigenvalue weighted by molar-refractivity contribution is 0.561. The van der Waals surface area contributed by atoms with Gasteiger partial charge in [-0.15, -0.1) is 0 Å². The summed E-state index contributed by atoms with van der Waals surface area (Å²) in [5, 5.41) is 0. The monoisotopic (exact) mass is 252 g/mol. The molecule has 1 aromatic heterocycles. The summed E-state index contributed by atoms with van der Waals surface area (Å²) in [6.45, 7) is 0.198. The first kappa shape index (κ1) is 11.7. The van der Waals surface area contributed by atoms with Gasteiger partial charge in [0.05, 0.1) is 17.4 Å². The van der Waals surface area contributed by atoms with Crippen LogP contribution in [0.5, 0.6) is 0 Å². The maximum atomic E-state index is 11.9. The number of anilines is 1. The molecule has 5 nitrogen and oxygen atoms in total. The number of benzene rings is 1. The first-order valence-electron chi connectivity index (χ1n) is 4.94. The van der Waals surface area contributed by atoms with E-state index in [4.69, 9.17) is 10.2 Å². The summed E-state index contributed by atoms with van der Waals surface area (Å²) in [7, 11) is -3.50. The molecule has 90 valence electrons. The maximum absolute atomic E-state index is 11.9. The molecule has 0 radical (unpaired) electrons. The lowest BCUT2D eigenvalue weighted by Crippen LogP contribution is -2.22. The van der Waals surface area contributed by atoms with Gasteiger partial charge in [-0.25, -0.2) is 13.1 Å². The summed E-state index contributed by atoms with van der Waals surface area (Å²) in [6, 6.07) is 7.73. The smallest absolute Gasteiger partial charge is 0.240 e. The van der Waals surface area contributed by atoms with Gasteiger partial charge in [-0.05, 0) is 30.3 Å². The number of furan rings is 1. The molecule has 0 saturated carbocycles. The van der Waals surface area contributed by atoms with E-state index < -0.39 is 10.0 Å². The van der Waals surface area contributed by atoms with E-state index in [-0.39, 0.29) is 11.4 Å². The normalized spacial score (nSPS) is 11.5. The second-order valence-electron chi connectivity index (χ2n) is 3.53. The largest absolute Gasteiger partial charge is 0.472 e. The molecule has 0 aliphatic rings. The number of nitrogens with one attached hydrogen (secondary N) is 1. The Balaban J connectivity index is 2.11. The van der Waals surface area contributed by atoms with Gasteiger partial charge in [0.2, 0.25) is 10.0 Å². The number of hydrogen-bond acceptors (Lipinski definition) is 4. The fourth-order valence-corrected chi connectivity index (χ4v) is 2.32. The van der Waals surface area contributed by atoms with E-state index in [2.05, 4.69) is 4.72 Å². The predicted molar refractivity (Wildman–Crippen MR) is 63.6 cm³/mol. The molecular formula is C11H12N2O3S. The van der Waals surface area contributed by atoms with Crippen molar-refractivity contribution in [1.82, 2.24) is 4.72 Å². The van der Waals surface area contributed by atoms with Crippen molar-refractivity contribution in [1.29, 1.82) is 0 Å². The molecular weight excluding hydrogens is 240 g/mol. The second-order valence-corrected chi connectivity index (χ2v) is 5.29. The van der Waals surface area contributed by atoms with E-state index in [9.17, 15) is 8.42 Å². The van der Waals surface area contributed by atoms with Gasteiger partial charge in [0.1, 0.15) is 0 Å². The molecule has 2 aromatic rings. The standard InChI is InChI=1S/C11H12N2O3S/c12-10-1-3-11(4-2-10)17(14,15)13-7-9-5-6-16-8-9/h1-6,8,13H,7,12H2. The van der Waals surface area contributed by atoms with Gasteiger partial charge in [-0.2, -0.15) is 0 Å². The van der Waals surface area contributed by atoms with Gasteiger partial charge in [0.15, 0.2) is 0 Å². The molecule has 0 amide bonds. The van der Waals surface area contributed by atoms with Crippen molar-refractivity contribution in [3.63, 3.8) is 0 Å². The minimum absolute atomic E-state index is 0.190. The highest BCUT2D eigenvalue weighted by Gasteiger charge is 2.13. The van der Waals surface area contributed by atoms with E-state index >= 15 is 0 Å². The average molecular weight is 252 g/mol. The van der Waals surface area contributed by atoms with Crippen molar-refractivity contribution >= 4 is 15.7 Å². The fourth-order valence-electron chi connectivity index (χ4n) is 1.30. The third-order valence-electron chi connectivity index (χ3n) is 2.24. The Bertz CT molecular complexity index is 574. The van der Waals surface area contributed by atoms with Crippen molar-refractivity contribution < 1.29 is 12.8 Å². The lowest BCUT2D eigenvalue weighted by atomic mass is 10.3. The van der Waals surface area contributed by atoms with Gasteiger partial charge in [0.25, 0.3) is 0 Å². The van der Waals surface area contributed by atoms with Crippen molar-refractivity contribution in [2.24, 2.45) is 0 Å². The second kappa shape index (κ2) is 4.60. The average Bonchev–Trinajstić information content (AvgIpc) is 2.80. The van der Waals surface area contributed by atoms with Gasteiger partial charge < -0.3 is 10.2 Å². The van der Waals surface area contributed by atoms with Crippen LogP contribution in [0.1, 0.15) is 5.56 Å². The molecule has 0 aliphatic heterocycles. The highest BCUT2D eigenvalue weighted by atomic mass is 32.2. The number of nitrogen functional groups attached to an aromatic ring is 1. The molecule has 0 saturated heterocycles. The van der Waals surface area contributed by atoms with Gasteiger partial charge in [-0.1, -0.05) is 0 Å². The van der Waals surface area contributed by atoms with Crippen LogP contribution in [-0.2, 0) is 16.6 Å². The third kappa shape index (κ3) is 2.86. The minimum Gasteiger partial charge on any atom is -0.472 e. The SMILES string of the molecule is Nc1ccc(S(=O)(=O)NCc2ccoc2)cc1. The molecule has 1 aromatic carbocycles. The molecule has 6 heteroatoms. The van der Waals surface area contributed by atoms with Crippen LogP contribution in [0.2, 0.25) is 0 Å². The van der Waals surface area contributed by atoms with Crippen LogP contribution in [0.15, 0.2) is 52.2 Å². The van der Waals surface area contributed by atoms with Gasteiger partial charge in [-0.3, -0.25) is 0 Å². The topological polar surface area (TPSA) is 85.3 Å². The zero-order chi connectivity index (χ0) is 12.3. The van der Waals surface area contributed by atoms with Crippen LogP contribution in [-0.4, -0.2) is 8.42 Å². The zero-order valence-corrected chi connectivity index (χ0v) is 9.78. The molecule has 0 atom stereocenters. The molecule has 0 fully saturated rings. The van der Waals surface area contributed by atoms with Gasteiger partial charge in [0, 0.05) is 17.8 Å². The van der Waals surface area contributed by atoms with Crippen molar-refractivity contribution in [3.8, 4) is 0 Å². The van der Waals surface area contributed by atoms with Gasteiger partial charge >= 0.3 is 0 Å². The van der Waals surface area contributed by atoms with Crippen LogP contribution in [0.4, 0.5) is 5.69 Å². The highest BCUT2D eigenvalue weighted by Crippen LogP contribution is 2.12. The first-order chi connectivity index (χ1) is 8.08. The maximum Gasteiger partial charge on any atom is 0.240 e. The van der Waals surface area contributed by atoms with Crippen LogP contribution in [0.25, 0.3) is 0 Å². The quantitative estimate of drug-likeness (QED) is 0.804. The molecule has 0 aliphatic carbocycles. The Morgan fingerprint density at radius 2 is 1.88 bits per heavy atom. The van der Waals surface area contributed by atoms with Crippen LogP contribution in [0, 0.1) is 0 Å². The third-order valence-corrected chi connectivity index (χ3v) is 3.65. The summed E-state index contributed by atoms with van der Waals surface area (Å²) in [5.41, 5.74) is 6.79. The van der Waals surface area contributed by atoms with Crippen LogP contribution < -0.4 is 10.5 Å².